The smallest absolute Gasteiger partial charge is 0.244 e. The first-order valence-electron chi connectivity index (χ1n) is 6.47. The maximum atomic E-state index is 13.5. The van der Waals surface area contributed by atoms with Crippen LogP contribution in [0.2, 0.25) is 0 Å². The van der Waals surface area contributed by atoms with Crippen molar-refractivity contribution in [3.05, 3.63) is 40.1 Å². The van der Waals surface area contributed by atoms with E-state index in [4.69, 9.17) is 0 Å². The van der Waals surface area contributed by atoms with Gasteiger partial charge in [0.25, 0.3) is 0 Å². The molecule has 0 saturated carbocycles. The summed E-state index contributed by atoms with van der Waals surface area (Å²) in [7, 11) is 0. The Morgan fingerprint density at radius 3 is 2.80 bits per heavy atom. The lowest BCUT2D eigenvalue weighted by atomic mass is 10.0. The van der Waals surface area contributed by atoms with Gasteiger partial charge in [0.15, 0.2) is 0 Å². The summed E-state index contributed by atoms with van der Waals surface area (Å²) >= 11 is 3.25. The second-order valence-corrected chi connectivity index (χ2v) is 5.93. The lowest BCUT2D eigenvalue weighted by molar-refractivity contribution is -0.117. The average Bonchev–Trinajstić information content (AvgIpc) is 2.38. The van der Waals surface area contributed by atoms with Crippen molar-refractivity contribution in [1.82, 2.24) is 5.32 Å². The van der Waals surface area contributed by atoms with Crippen molar-refractivity contribution in [2.45, 2.75) is 26.3 Å². The molecule has 0 bridgehead atoms. The Hall–Kier alpha value is -1.20. The van der Waals surface area contributed by atoms with Crippen molar-refractivity contribution in [1.29, 1.82) is 0 Å². The van der Waals surface area contributed by atoms with E-state index < -0.39 is 5.82 Å². The lowest BCUT2D eigenvalue weighted by Gasteiger charge is -2.17. The Labute approximate surface area is 127 Å². The first-order chi connectivity index (χ1) is 9.42. The van der Waals surface area contributed by atoms with Gasteiger partial charge in [0.05, 0.1) is 12.6 Å². The van der Waals surface area contributed by atoms with Crippen LogP contribution >= 0.6 is 15.9 Å². The largest absolute Gasteiger partial charge is 0.394 e. The maximum absolute atomic E-state index is 13.5. The van der Waals surface area contributed by atoms with Crippen molar-refractivity contribution in [2.24, 2.45) is 5.92 Å². The van der Waals surface area contributed by atoms with Gasteiger partial charge in [0.2, 0.25) is 5.91 Å². The van der Waals surface area contributed by atoms with Gasteiger partial charge in [0.1, 0.15) is 5.82 Å². The first kappa shape index (κ1) is 16.9. The number of aliphatic hydroxyl groups excluding tert-OH is 1. The van der Waals surface area contributed by atoms with E-state index in [-0.39, 0.29) is 18.6 Å². The minimum Gasteiger partial charge on any atom is -0.394 e. The highest BCUT2D eigenvalue weighted by Crippen LogP contribution is 2.16. The Morgan fingerprint density at radius 2 is 2.20 bits per heavy atom. The van der Waals surface area contributed by atoms with E-state index in [1.807, 2.05) is 13.8 Å². The van der Waals surface area contributed by atoms with E-state index in [1.54, 1.807) is 12.1 Å². The molecule has 0 fully saturated rings. The van der Waals surface area contributed by atoms with E-state index >= 15 is 0 Å². The quantitative estimate of drug-likeness (QED) is 0.779. The SMILES string of the molecule is CC(C)CC(CO)NC(=O)C=Cc1cc(Br)ccc1F. The molecule has 1 unspecified atom stereocenters. The molecule has 1 rings (SSSR count). The number of carbonyl (C=O) groups is 1. The summed E-state index contributed by atoms with van der Waals surface area (Å²) in [4.78, 5) is 11.7. The summed E-state index contributed by atoms with van der Waals surface area (Å²) in [6, 6.07) is 4.24. The Bertz CT molecular complexity index is 489. The minimum absolute atomic E-state index is 0.108. The fourth-order valence-electron chi connectivity index (χ4n) is 1.81. The maximum Gasteiger partial charge on any atom is 0.244 e. The summed E-state index contributed by atoms with van der Waals surface area (Å²) in [5.41, 5.74) is 0.332. The van der Waals surface area contributed by atoms with Crippen LogP contribution in [0.1, 0.15) is 25.8 Å². The predicted molar refractivity (Wildman–Crippen MR) is 81.6 cm³/mol. The summed E-state index contributed by atoms with van der Waals surface area (Å²) < 4.78 is 14.2. The summed E-state index contributed by atoms with van der Waals surface area (Å²) in [5, 5.41) is 11.9. The van der Waals surface area contributed by atoms with Gasteiger partial charge in [-0.3, -0.25) is 4.79 Å². The molecule has 1 amide bonds. The molecular formula is C15H19BrFNO2. The number of rotatable bonds is 6. The predicted octanol–water partition coefficient (Wildman–Crippen LogP) is 3.12. The van der Waals surface area contributed by atoms with E-state index in [2.05, 4.69) is 21.2 Å². The molecule has 110 valence electrons. The zero-order valence-electron chi connectivity index (χ0n) is 11.6. The van der Waals surface area contributed by atoms with Crippen molar-refractivity contribution < 1.29 is 14.3 Å². The van der Waals surface area contributed by atoms with Gasteiger partial charge < -0.3 is 10.4 Å². The van der Waals surface area contributed by atoms with Gasteiger partial charge >= 0.3 is 0 Å². The van der Waals surface area contributed by atoms with E-state index in [1.165, 1.54) is 18.2 Å². The fourth-order valence-corrected chi connectivity index (χ4v) is 2.18. The Kier molecular flexibility index (Phi) is 6.88. The molecule has 0 heterocycles. The number of aliphatic hydroxyl groups is 1. The summed E-state index contributed by atoms with van der Waals surface area (Å²) in [6.45, 7) is 3.92. The third-order valence-corrected chi connectivity index (χ3v) is 3.19. The molecule has 0 aromatic heterocycles. The number of halogens is 2. The molecular weight excluding hydrogens is 325 g/mol. The number of nitrogens with one attached hydrogen (secondary N) is 1. The van der Waals surface area contributed by atoms with Gasteiger partial charge in [-0.2, -0.15) is 0 Å². The van der Waals surface area contributed by atoms with Crippen LogP contribution in [0.25, 0.3) is 6.08 Å². The van der Waals surface area contributed by atoms with Crippen LogP contribution < -0.4 is 5.32 Å². The highest BCUT2D eigenvalue weighted by molar-refractivity contribution is 9.10. The molecule has 3 nitrogen and oxygen atoms in total. The summed E-state index contributed by atoms with van der Waals surface area (Å²) in [5.74, 6) is -0.360. The standard InChI is InChI=1S/C15H19BrFNO2/c1-10(2)7-13(9-19)18-15(20)6-3-11-8-12(16)4-5-14(11)17/h3-6,8,10,13,19H,7,9H2,1-2H3,(H,18,20). The third kappa shape index (κ3) is 5.84. The van der Waals surface area contributed by atoms with Crippen molar-refractivity contribution >= 4 is 27.9 Å². The summed E-state index contributed by atoms with van der Waals surface area (Å²) in [6.07, 6.45) is 3.38. The second-order valence-electron chi connectivity index (χ2n) is 5.02. The molecule has 5 heteroatoms. The Balaban J connectivity index is 2.65. The number of amides is 1. The Morgan fingerprint density at radius 1 is 1.50 bits per heavy atom. The molecule has 0 aliphatic rings. The molecule has 0 aliphatic heterocycles. The van der Waals surface area contributed by atoms with Crippen LogP contribution in [-0.2, 0) is 4.79 Å². The van der Waals surface area contributed by atoms with Gasteiger partial charge in [-0.1, -0.05) is 29.8 Å². The third-order valence-electron chi connectivity index (χ3n) is 2.70. The van der Waals surface area contributed by atoms with Gasteiger partial charge in [0, 0.05) is 16.1 Å². The van der Waals surface area contributed by atoms with Crippen LogP contribution in [0.5, 0.6) is 0 Å². The van der Waals surface area contributed by atoms with Crippen LogP contribution in [0.3, 0.4) is 0 Å². The molecule has 1 aromatic rings. The van der Waals surface area contributed by atoms with E-state index in [0.29, 0.717) is 17.9 Å². The monoisotopic (exact) mass is 343 g/mol. The van der Waals surface area contributed by atoms with Crippen LogP contribution in [0.15, 0.2) is 28.7 Å². The van der Waals surface area contributed by atoms with Crippen LogP contribution in [0, 0.1) is 11.7 Å². The molecule has 1 atom stereocenters. The topological polar surface area (TPSA) is 49.3 Å². The lowest BCUT2D eigenvalue weighted by Crippen LogP contribution is -2.37. The molecule has 0 spiro atoms. The molecule has 0 saturated heterocycles. The average molecular weight is 344 g/mol. The van der Waals surface area contributed by atoms with Crippen molar-refractivity contribution in [3.8, 4) is 0 Å². The van der Waals surface area contributed by atoms with E-state index in [0.717, 1.165) is 4.47 Å². The van der Waals surface area contributed by atoms with Crippen molar-refractivity contribution in [3.63, 3.8) is 0 Å². The fraction of sp³-hybridized carbons (Fsp3) is 0.400. The van der Waals surface area contributed by atoms with Gasteiger partial charge in [-0.15, -0.1) is 0 Å². The zero-order valence-corrected chi connectivity index (χ0v) is 13.2. The van der Waals surface area contributed by atoms with Gasteiger partial charge in [-0.25, -0.2) is 4.39 Å². The van der Waals surface area contributed by atoms with Crippen LogP contribution in [0.4, 0.5) is 4.39 Å². The molecule has 1 aromatic carbocycles. The normalized spacial score (nSPS) is 12.9. The minimum atomic E-state index is -0.391. The molecule has 2 N–H and O–H groups in total. The van der Waals surface area contributed by atoms with E-state index in [9.17, 15) is 14.3 Å². The number of carbonyl (C=O) groups excluding carboxylic acids is 1. The van der Waals surface area contributed by atoms with Crippen LogP contribution in [-0.4, -0.2) is 23.7 Å². The van der Waals surface area contributed by atoms with Crippen molar-refractivity contribution in [2.75, 3.05) is 6.61 Å². The molecule has 0 aliphatic carbocycles. The number of hydrogen-bond acceptors (Lipinski definition) is 2. The zero-order chi connectivity index (χ0) is 15.1. The molecule has 20 heavy (non-hydrogen) atoms. The number of hydrogen-bond donors (Lipinski definition) is 2. The second kappa shape index (κ2) is 8.17. The number of benzene rings is 1. The highest BCUT2D eigenvalue weighted by atomic mass is 79.9. The highest BCUT2D eigenvalue weighted by Gasteiger charge is 2.11. The van der Waals surface area contributed by atoms with Gasteiger partial charge in [-0.05, 0) is 36.6 Å². The first-order valence-corrected chi connectivity index (χ1v) is 7.26. The molecule has 0 radical (unpaired) electrons.